The maximum Gasteiger partial charge on any atom is 0.251 e. The number of hydrogen-bond donors (Lipinski definition) is 0. The molecule has 1 amide bonds. The number of benzene rings is 1. The van der Waals surface area contributed by atoms with Crippen LogP contribution < -0.4 is 4.74 Å². The molecule has 1 aromatic rings. The number of para-hydroxylation sites is 1. The first-order valence-electron chi connectivity index (χ1n) is 7.43. The first-order chi connectivity index (χ1) is 9.78. The van der Waals surface area contributed by atoms with Gasteiger partial charge in [0, 0.05) is 6.61 Å². The molecule has 0 N–H and O–H groups in total. The number of ether oxygens (including phenoxy) is 2. The Bertz CT molecular complexity index is 476. The van der Waals surface area contributed by atoms with Crippen LogP contribution in [0.1, 0.15) is 25.3 Å². The topological polar surface area (TPSA) is 38.8 Å². The van der Waals surface area contributed by atoms with Crippen LogP contribution in [0.2, 0.25) is 0 Å². The van der Waals surface area contributed by atoms with Crippen molar-refractivity contribution in [2.24, 2.45) is 0 Å². The van der Waals surface area contributed by atoms with E-state index in [1.165, 1.54) is 5.56 Å². The minimum Gasteiger partial charge on any atom is -0.486 e. The van der Waals surface area contributed by atoms with E-state index in [1.54, 1.807) is 0 Å². The number of nitrogens with zero attached hydrogens (tertiary/aromatic N) is 1. The van der Waals surface area contributed by atoms with Crippen molar-refractivity contribution < 1.29 is 14.3 Å². The van der Waals surface area contributed by atoms with Crippen molar-refractivity contribution in [2.45, 2.75) is 38.4 Å². The van der Waals surface area contributed by atoms with E-state index in [2.05, 4.69) is 13.0 Å². The molecule has 0 radical (unpaired) electrons. The fourth-order valence-corrected chi connectivity index (χ4v) is 2.76. The standard InChI is InChI=1S/C16H21NO3/c1-2-12-6-3-4-7-14(12)20-13-10-17(11-13)16(18)15-8-5-9-19-15/h3-4,6-7,13,15H,2,5,8-11H2,1H3/t15-/m1/s1. The van der Waals surface area contributed by atoms with Gasteiger partial charge in [-0.15, -0.1) is 0 Å². The van der Waals surface area contributed by atoms with Crippen LogP contribution in [0.5, 0.6) is 5.75 Å². The minimum absolute atomic E-state index is 0.119. The SMILES string of the molecule is CCc1ccccc1OC1CN(C(=O)[C@H]2CCCO2)C1. The normalized spacial score (nSPS) is 22.6. The van der Waals surface area contributed by atoms with Crippen LogP contribution >= 0.6 is 0 Å². The smallest absolute Gasteiger partial charge is 0.251 e. The predicted octanol–water partition coefficient (Wildman–Crippen LogP) is 2.02. The summed E-state index contributed by atoms with van der Waals surface area (Å²) in [6.07, 6.45) is 2.72. The molecular weight excluding hydrogens is 254 g/mol. The lowest BCUT2D eigenvalue weighted by Gasteiger charge is -2.40. The van der Waals surface area contributed by atoms with Crippen molar-refractivity contribution >= 4 is 5.91 Å². The third-order valence-corrected chi connectivity index (χ3v) is 4.01. The molecule has 2 heterocycles. The van der Waals surface area contributed by atoms with E-state index in [0.29, 0.717) is 19.7 Å². The van der Waals surface area contributed by atoms with Crippen molar-refractivity contribution in [3.05, 3.63) is 29.8 Å². The van der Waals surface area contributed by atoms with Crippen molar-refractivity contribution in [3.63, 3.8) is 0 Å². The van der Waals surface area contributed by atoms with Crippen molar-refractivity contribution in [2.75, 3.05) is 19.7 Å². The van der Waals surface area contributed by atoms with Gasteiger partial charge >= 0.3 is 0 Å². The third kappa shape index (κ3) is 2.66. The number of likely N-dealkylation sites (tertiary alicyclic amines) is 1. The second-order valence-corrected chi connectivity index (χ2v) is 5.45. The van der Waals surface area contributed by atoms with E-state index >= 15 is 0 Å². The van der Waals surface area contributed by atoms with Gasteiger partial charge in [0.15, 0.2) is 0 Å². The minimum atomic E-state index is -0.209. The van der Waals surface area contributed by atoms with Gasteiger partial charge < -0.3 is 14.4 Å². The molecule has 3 rings (SSSR count). The fourth-order valence-electron chi connectivity index (χ4n) is 2.76. The van der Waals surface area contributed by atoms with Gasteiger partial charge in [-0.3, -0.25) is 4.79 Å². The lowest BCUT2D eigenvalue weighted by atomic mass is 10.1. The summed E-state index contributed by atoms with van der Waals surface area (Å²) < 4.78 is 11.4. The van der Waals surface area contributed by atoms with E-state index in [-0.39, 0.29) is 18.1 Å². The first kappa shape index (κ1) is 13.4. The van der Waals surface area contributed by atoms with Gasteiger partial charge in [-0.1, -0.05) is 25.1 Å². The molecule has 0 bridgehead atoms. The number of carbonyl (C=O) groups excluding carboxylic acids is 1. The lowest BCUT2D eigenvalue weighted by Crippen LogP contribution is -2.58. The van der Waals surface area contributed by atoms with Crippen LogP contribution in [0.3, 0.4) is 0 Å². The summed E-state index contributed by atoms with van der Waals surface area (Å²) in [5.74, 6) is 1.08. The van der Waals surface area contributed by atoms with Gasteiger partial charge in [0.1, 0.15) is 18.0 Å². The molecule has 0 aromatic heterocycles. The Morgan fingerprint density at radius 2 is 2.20 bits per heavy atom. The molecule has 0 saturated carbocycles. The predicted molar refractivity (Wildman–Crippen MR) is 75.8 cm³/mol. The molecule has 4 nitrogen and oxygen atoms in total. The Kier molecular flexibility index (Phi) is 3.92. The van der Waals surface area contributed by atoms with E-state index in [1.807, 2.05) is 23.1 Å². The van der Waals surface area contributed by atoms with Crippen LogP contribution in [0, 0.1) is 0 Å². The number of aryl methyl sites for hydroxylation is 1. The molecule has 0 spiro atoms. The maximum absolute atomic E-state index is 12.1. The average Bonchev–Trinajstić information content (AvgIpc) is 2.96. The molecule has 2 saturated heterocycles. The number of hydrogen-bond acceptors (Lipinski definition) is 3. The van der Waals surface area contributed by atoms with Gasteiger partial charge in [0.2, 0.25) is 0 Å². The van der Waals surface area contributed by atoms with Crippen LogP contribution in [0.4, 0.5) is 0 Å². The van der Waals surface area contributed by atoms with Crippen molar-refractivity contribution in [1.82, 2.24) is 4.90 Å². The van der Waals surface area contributed by atoms with Gasteiger partial charge in [0.25, 0.3) is 5.91 Å². The number of rotatable bonds is 4. The Morgan fingerprint density at radius 1 is 1.40 bits per heavy atom. The Hall–Kier alpha value is -1.55. The monoisotopic (exact) mass is 275 g/mol. The summed E-state index contributed by atoms with van der Waals surface area (Å²) in [6, 6.07) is 8.11. The molecule has 20 heavy (non-hydrogen) atoms. The molecule has 2 aliphatic heterocycles. The molecule has 0 aliphatic carbocycles. The zero-order valence-electron chi connectivity index (χ0n) is 11.9. The Morgan fingerprint density at radius 3 is 2.90 bits per heavy atom. The molecule has 2 aliphatic rings. The van der Waals surface area contributed by atoms with Gasteiger partial charge in [-0.05, 0) is 30.9 Å². The van der Waals surface area contributed by atoms with E-state index in [4.69, 9.17) is 9.47 Å². The largest absolute Gasteiger partial charge is 0.486 e. The Labute approximate surface area is 119 Å². The van der Waals surface area contributed by atoms with Crippen LogP contribution in [-0.4, -0.2) is 42.7 Å². The summed E-state index contributed by atoms with van der Waals surface area (Å²) in [5.41, 5.74) is 1.22. The highest BCUT2D eigenvalue weighted by molar-refractivity contribution is 5.82. The highest BCUT2D eigenvalue weighted by Gasteiger charge is 2.37. The highest BCUT2D eigenvalue weighted by Crippen LogP contribution is 2.24. The van der Waals surface area contributed by atoms with Crippen LogP contribution in [0.25, 0.3) is 0 Å². The number of carbonyl (C=O) groups is 1. The molecule has 4 heteroatoms. The molecule has 108 valence electrons. The summed E-state index contributed by atoms with van der Waals surface area (Å²) in [6.45, 7) is 4.19. The van der Waals surface area contributed by atoms with Crippen molar-refractivity contribution in [3.8, 4) is 5.75 Å². The fraction of sp³-hybridized carbons (Fsp3) is 0.562. The Balaban J connectivity index is 1.51. The average molecular weight is 275 g/mol. The molecule has 1 aromatic carbocycles. The van der Waals surface area contributed by atoms with Gasteiger partial charge in [0.05, 0.1) is 13.1 Å². The van der Waals surface area contributed by atoms with E-state index in [9.17, 15) is 4.79 Å². The molecule has 2 fully saturated rings. The lowest BCUT2D eigenvalue weighted by molar-refractivity contribution is -0.149. The highest BCUT2D eigenvalue weighted by atomic mass is 16.5. The van der Waals surface area contributed by atoms with Crippen LogP contribution in [-0.2, 0) is 16.0 Å². The molecule has 1 atom stereocenters. The molecular formula is C16H21NO3. The third-order valence-electron chi connectivity index (χ3n) is 4.01. The zero-order chi connectivity index (χ0) is 13.9. The summed E-state index contributed by atoms with van der Waals surface area (Å²) in [7, 11) is 0. The quantitative estimate of drug-likeness (QED) is 0.844. The summed E-state index contributed by atoms with van der Waals surface area (Å²) in [4.78, 5) is 13.9. The second kappa shape index (κ2) is 5.83. The van der Waals surface area contributed by atoms with Gasteiger partial charge in [-0.25, -0.2) is 0 Å². The van der Waals surface area contributed by atoms with Crippen molar-refractivity contribution in [1.29, 1.82) is 0 Å². The van der Waals surface area contributed by atoms with Gasteiger partial charge in [-0.2, -0.15) is 0 Å². The van der Waals surface area contributed by atoms with E-state index < -0.39 is 0 Å². The number of amides is 1. The first-order valence-corrected chi connectivity index (χ1v) is 7.43. The maximum atomic E-state index is 12.1. The molecule has 0 unspecified atom stereocenters. The summed E-state index contributed by atoms with van der Waals surface area (Å²) in [5, 5.41) is 0. The van der Waals surface area contributed by atoms with Crippen LogP contribution in [0.15, 0.2) is 24.3 Å². The zero-order valence-corrected chi connectivity index (χ0v) is 11.9. The summed E-state index contributed by atoms with van der Waals surface area (Å²) >= 11 is 0. The second-order valence-electron chi connectivity index (χ2n) is 5.45. The van der Waals surface area contributed by atoms with E-state index in [0.717, 1.165) is 25.0 Å².